The van der Waals surface area contributed by atoms with Crippen LogP contribution < -0.4 is 0 Å². The summed E-state index contributed by atoms with van der Waals surface area (Å²) in [6.45, 7) is 2.62. The van der Waals surface area contributed by atoms with Crippen LogP contribution in [0, 0.1) is 6.92 Å². The van der Waals surface area contributed by atoms with E-state index < -0.39 is 0 Å². The standard InChI is InChI=1S/C9H9ClN4/c1-7-3-2-4-11-8(7)5-14-6-12-13-9(14)10/h2-4,6H,5H2,1H3. The van der Waals surface area contributed by atoms with Crippen LogP contribution in [0.5, 0.6) is 0 Å². The zero-order valence-electron chi connectivity index (χ0n) is 7.68. The maximum Gasteiger partial charge on any atom is 0.225 e. The first-order chi connectivity index (χ1) is 6.77. The Morgan fingerprint density at radius 2 is 2.36 bits per heavy atom. The molecule has 0 radical (unpaired) electrons. The molecule has 0 amide bonds. The smallest absolute Gasteiger partial charge is 0.225 e. The Labute approximate surface area is 86.6 Å². The third-order valence-electron chi connectivity index (χ3n) is 2.01. The largest absolute Gasteiger partial charge is 0.298 e. The molecule has 0 unspecified atom stereocenters. The lowest BCUT2D eigenvalue weighted by Gasteiger charge is -2.04. The van der Waals surface area contributed by atoms with Crippen molar-refractivity contribution in [1.29, 1.82) is 0 Å². The van der Waals surface area contributed by atoms with Crippen LogP contribution >= 0.6 is 11.6 Å². The lowest BCUT2D eigenvalue weighted by atomic mass is 10.2. The van der Waals surface area contributed by atoms with Gasteiger partial charge in [0, 0.05) is 6.20 Å². The van der Waals surface area contributed by atoms with Gasteiger partial charge in [0.05, 0.1) is 12.2 Å². The maximum absolute atomic E-state index is 5.80. The molecule has 0 aliphatic rings. The second-order valence-electron chi connectivity index (χ2n) is 2.99. The lowest BCUT2D eigenvalue weighted by Crippen LogP contribution is -2.02. The van der Waals surface area contributed by atoms with Gasteiger partial charge in [0.2, 0.25) is 5.28 Å². The highest BCUT2D eigenvalue weighted by Crippen LogP contribution is 2.09. The molecule has 72 valence electrons. The molecular formula is C9H9ClN4. The number of aryl methyl sites for hydroxylation is 1. The Morgan fingerprint density at radius 3 is 3.00 bits per heavy atom. The molecule has 0 saturated carbocycles. The van der Waals surface area contributed by atoms with Crippen molar-refractivity contribution in [1.82, 2.24) is 19.7 Å². The maximum atomic E-state index is 5.80. The van der Waals surface area contributed by atoms with Gasteiger partial charge in [0.15, 0.2) is 0 Å². The quantitative estimate of drug-likeness (QED) is 0.754. The molecule has 0 atom stereocenters. The number of hydrogen-bond donors (Lipinski definition) is 0. The molecular weight excluding hydrogens is 200 g/mol. The van der Waals surface area contributed by atoms with E-state index in [1.54, 1.807) is 17.1 Å². The Balaban J connectivity index is 2.28. The first kappa shape index (κ1) is 9.15. The lowest BCUT2D eigenvalue weighted by molar-refractivity contribution is 0.765. The number of hydrogen-bond acceptors (Lipinski definition) is 3. The topological polar surface area (TPSA) is 43.6 Å². The molecule has 14 heavy (non-hydrogen) atoms. The summed E-state index contributed by atoms with van der Waals surface area (Å²) in [7, 11) is 0. The van der Waals surface area contributed by atoms with Crippen LogP contribution in [0.4, 0.5) is 0 Å². The van der Waals surface area contributed by atoms with Crippen LogP contribution in [0.15, 0.2) is 24.7 Å². The van der Waals surface area contributed by atoms with Crippen molar-refractivity contribution in [3.63, 3.8) is 0 Å². The highest BCUT2D eigenvalue weighted by molar-refractivity contribution is 6.28. The molecule has 2 aromatic heterocycles. The summed E-state index contributed by atoms with van der Waals surface area (Å²) in [5.41, 5.74) is 2.12. The predicted octanol–water partition coefficient (Wildman–Crippen LogP) is 1.68. The molecule has 2 heterocycles. The van der Waals surface area contributed by atoms with Crippen LogP contribution in [0.2, 0.25) is 5.28 Å². The average molecular weight is 209 g/mol. The SMILES string of the molecule is Cc1cccnc1Cn1cnnc1Cl. The zero-order valence-corrected chi connectivity index (χ0v) is 8.44. The zero-order chi connectivity index (χ0) is 9.97. The highest BCUT2D eigenvalue weighted by atomic mass is 35.5. The van der Waals surface area contributed by atoms with Crippen LogP contribution in [-0.4, -0.2) is 19.7 Å². The molecule has 0 bridgehead atoms. The van der Waals surface area contributed by atoms with Gasteiger partial charge in [-0.3, -0.25) is 9.55 Å². The summed E-state index contributed by atoms with van der Waals surface area (Å²) >= 11 is 5.80. The van der Waals surface area contributed by atoms with E-state index in [1.165, 1.54) is 0 Å². The second kappa shape index (κ2) is 3.75. The van der Waals surface area contributed by atoms with Gasteiger partial charge in [-0.15, -0.1) is 10.2 Å². The fourth-order valence-corrected chi connectivity index (χ4v) is 1.34. The van der Waals surface area contributed by atoms with Crippen LogP contribution in [0.3, 0.4) is 0 Å². The minimum atomic E-state index is 0.384. The predicted molar refractivity (Wildman–Crippen MR) is 53.1 cm³/mol. The molecule has 0 spiro atoms. The fourth-order valence-electron chi connectivity index (χ4n) is 1.19. The van der Waals surface area contributed by atoms with Crippen molar-refractivity contribution in [2.24, 2.45) is 0 Å². The molecule has 0 aliphatic carbocycles. The van der Waals surface area contributed by atoms with Crippen molar-refractivity contribution in [3.05, 3.63) is 41.2 Å². The summed E-state index contributed by atoms with van der Waals surface area (Å²) < 4.78 is 1.75. The number of halogens is 1. The number of nitrogens with zero attached hydrogens (tertiary/aromatic N) is 4. The van der Waals surface area contributed by atoms with Crippen molar-refractivity contribution < 1.29 is 0 Å². The molecule has 0 fully saturated rings. The summed E-state index contributed by atoms with van der Waals surface area (Å²) in [6.07, 6.45) is 3.36. The van der Waals surface area contributed by atoms with Gasteiger partial charge in [-0.05, 0) is 30.2 Å². The van der Waals surface area contributed by atoms with E-state index in [4.69, 9.17) is 11.6 Å². The normalized spacial score (nSPS) is 10.4. The molecule has 4 nitrogen and oxygen atoms in total. The van der Waals surface area contributed by atoms with Gasteiger partial charge in [0.25, 0.3) is 0 Å². The number of pyridine rings is 1. The van der Waals surface area contributed by atoms with E-state index in [0.717, 1.165) is 11.3 Å². The van der Waals surface area contributed by atoms with E-state index in [9.17, 15) is 0 Å². The molecule has 2 rings (SSSR count). The summed E-state index contributed by atoms with van der Waals surface area (Å²) in [6, 6.07) is 3.92. The first-order valence-electron chi connectivity index (χ1n) is 4.21. The Hall–Kier alpha value is -1.42. The van der Waals surface area contributed by atoms with Crippen molar-refractivity contribution in [3.8, 4) is 0 Å². The Kier molecular flexibility index (Phi) is 2.45. The first-order valence-corrected chi connectivity index (χ1v) is 4.59. The van der Waals surface area contributed by atoms with E-state index in [1.807, 2.05) is 19.1 Å². The molecule has 0 aliphatic heterocycles. The van der Waals surface area contributed by atoms with Crippen molar-refractivity contribution in [2.75, 3.05) is 0 Å². The van der Waals surface area contributed by atoms with Crippen LogP contribution in [-0.2, 0) is 6.54 Å². The van der Waals surface area contributed by atoms with E-state index in [2.05, 4.69) is 15.2 Å². The number of rotatable bonds is 2. The molecule has 0 aromatic carbocycles. The molecule has 0 saturated heterocycles. The van der Waals surface area contributed by atoms with Gasteiger partial charge in [-0.25, -0.2) is 0 Å². The Bertz CT molecular complexity index is 438. The molecule has 5 heteroatoms. The third-order valence-corrected chi connectivity index (χ3v) is 2.30. The molecule has 0 N–H and O–H groups in total. The van der Waals surface area contributed by atoms with E-state index in [0.29, 0.717) is 11.8 Å². The monoisotopic (exact) mass is 208 g/mol. The summed E-state index contributed by atoms with van der Waals surface area (Å²) in [5, 5.41) is 7.78. The van der Waals surface area contributed by atoms with Gasteiger partial charge in [0.1, 0.15) is 6.33 Å². The molecule has 2 aromatic rings. The minimum Gasteiger partial charge on any atom is -0.298 e. The van der Waals surface area contributed by atoms with Gasteiger partial charge >= 0.3 is 0 Å². The summed E-state index contributed by atoms with van der Waals surface area (Å²) in [5.74, 6) is 0. The van der Waals surface area contributed by atoms with E-state index in [-0.39, 0.29) is 0 Å². The number of aromatic nitrogens is 4. The summed E-state index contributed by atoms with van der Waals surface area (Å²) in [4.78, 5) is 4.26. The van der Waals surface area contributed by atoms with Crippen LogP contribution in [0.1, 0.15) is 11.3 Å². The van der Waals surface area contributed by atoms with Gasteiger partial charge in [-0.2, -0.15) is 0 Å². The van der Waals surface area contributed by atoms with E-state index >= 15 is 0 Å². The highest BCUT2D eigenvalue weighted by Gasteiger charge is 2.03. The van der Waals surface area contributed by atoms with Gasteiger partial charge < -0.3 is 0 Å². The fraction of sp³-hybridized carbons (Fsp3) is 0.222. The Morgan fingerprint density at radius 1 is 1.50 bits per heavy atom. The third kappa shape index (κ3) is 1.75. The van der Waals surface area contributed by atoms with Crippen LogP contribution in [0.25, 0.3) is 0 Å². The second-order valence-corrected chi connectivity index (χ2v) is 3.33. The van der Waals surface area contributed by atoms with Crippen molar-refractivity contribution in [2.45, 2.75) is 13.5 Å². The van der Waals surface area contributed by atoms with Gasteiger partial charge in [-0.1, -0.05) is 6.07 Å². The average Bonchev–Trinajstić information content (AvgIpc) is 2.56. The minimum absolute atomic E-state index is 0.384. The van der Waals surface area contributed by atoms with Crippen molar-refractivity contribution >= 4 is 11.6 Å².